The van der Waals surface area contributed by atoms with E-state index in [1.165, 1.54) is 0 Å². The van der Waals surface area contributed by atoms with Gasteiger partial charge in [0.15, 0.2) is 0 Å². The number of aliphatic imine (C=N–C) groups is 1. The molecule has 0 aromatic carbocycles. The quantitative estimate of drug-likeness (QED) is 0.511. The third kappa shape index (κ3) is 0.980. The second-order valence-corrected chi connectivity index (χ2v) is 1.86. The van der Waals surface area contributed by atoms with Crippen molar-refractivity contribution in [2.24, 2.45) is 10.7 Å². The molecule has 0 saturated carbocycles. The van der Waals surface area contributed by atoms with E-state index in [2.05, 4.69) is 4.99 Å². The van der Waals surface area contributed by atoms with Crippen molar-refractivity contribution in [3.8, 4) is 0 Å². The van der Waals surface area contributed by atoms with E-state index in [0.717, 1.165) is 6.54 Å². The summed E-state index contributed by atoms with van der Waals surface area (Å²) in [6.07, 6.45) is 0. The minimum Gasteiger partial charge on any atom is -0.478 e. The topological polar surface area (TPSA) is 47.6 Å². The third-order valence-corrected chi connectivity index (χ3v) is 0.998. The summed E-state index contributed by atoms with van der Waals surface area (Å²) in [5, 5.41) is 0. The molecule has 1 rings (SSSR count). The summed E-state index contributed by atoms with van der Waals surface area (Å²) in [6, 6.07) is -0.0301. The van der Waals surface area contributed by atoms with Crippen molar-refractivity contribution in [2.75, 3.05) is 13.2 Å². The Balaban J connectivity index is 2.45. The Labute approximate surface area is 48.5 Å². The van der Waals surface area contributed by atoms with Crippen LogP contribution in [0.25, 0.3) is 0 Å². The van der Waals surface area contributed by atoms with Crippen LogP contribution in [-0.4, -0.2) is 25.1 Å². The number of ether oxygens (including phenoxy) is 1. The van der Waals surface area contributed by atoms with Crippen molar-refractivity contribution in [2.45, 2.75) is 13.0 Å². The molecule has 0 fully saturated rings. The molecule has 0 aromatic heterocycles. The van der Waals surface area contributed by atoms with Crippen molar-refractivity contribution < 1.29 is 4.74 Å². The third-order valence-electron chi connectivity index (χ3n) is 0.998. The number of hydrogen-bond donors (Lipinski definition) is 1. The summed E-state index contributed by atoms with van der Waals surface area (Å²) in [5.41, 5.74) is 5.44. The van der Waals surface area contributed by atoms with E-state index in [0.29, 0.717) is 12.5 Å². The van der Waals surface area contributed by atoms with E-state index in [1.807, 2.05) is 6.92 Å². The average Bonchev–Trinajstić information content (AvgIpc) is 2.12. The van der Waals surface area contributed by atoms with Crippen molar-refractivity contribution >= 4 is 5.90 Å². The lowest BCUT2D eigenvalue weighted by Crippen LogP contribution is -2.26. The summed E-state index contributed by atoms with van der Waals surface area (Å²) in [4.78, 5) is 4.00. The molecule has 0 bridgehead atoms. The standard InChI is InChI=1S/C5H10N2O/c1-4(6)5-7-2-3-8-5/h4H,2-3,6H2,1H3/t4-/m1/s1. The molecule has 3 heteroatoms. The molecule has 0 aliphatic carbocycles. The fourth-order valence-electron chi connectivity index (χ4n) is 0.627. The second-order valence-electron chi connectivity index (χ2n) is 1.86. The van der Waals surface area contributed by atoms with Crippen LogP contribution in [0.1, 0.15) is 6.92 Å². The van der Waals surface area contributed by atoms with Crippen LogP contribution >= 0.6 is 0 Å². The molecular weight excluding hydrogens is 104 g/mol. The van der Waals surface area contributed by atoms with Gasteiger partial charge in [0.05, 0.1) is 12.6 Å². The zero-order valence-electron chi connectivity index (χ0n) is 4.92. The maximum atomic E-state index is 5.44. The van der Waals surface area contributed by atoms with Gasteiger partial charge in [-0.25, -0.2) is 0 Å². The Morgan fingerprint density at radius 2 is 2.62 bits per heavy atom. The van der Waals surface area contributed by atoms with Crippen molar-refractivity contribution in [3.05, 3.63) is 0 Å². The molecule has 2 N–H and O–H groups in total. The fraction of sp³-hybridized carbons (Fsp3) is 0.800. The van der Waals surface area contributed by atoms with Gasteiger partial charge in [0.1, 0.15) is 6.61 Å². The van der Waals surface area contributed by atoms with Crippen LogP contribution in [-0.2, 0) is 4.74 Å². The predicted octanol–water partition coefficient (Wildman–Crippen LogP) is -0.238. The largest absolute Gasteiger partial charge is 0.478 e. The Bertz CT molecular complexity index is 109. The van der Waals surface area contributed by atoms with Gasteiger partial charge in [-0.15, -0.1) is 0 Å². The molecule has 0 aromatic rings. The molecule has 0 amide bonds. The van der Waals surface area contributed by atoms with Crippen LogP contribution in [0.3, 0.4) is 0 Å². The number of nitrogens with two attached hydrogens (primary N) is 1. The van der Waals surface area contributed by atoms with E-state index in [4.69, 9.17) is 10.5 Å². The summed E-state index contributed by atoms with van der Waals surface area (Å²) < 4.78 is 5.04. The highest BCUT2D eigenvalue weighted by Crippen LogP contribution is 1.95. The molecule has 1 aliphatic heterocycles. The van der Waals surface area contributed by atoms with Gasteiger partial charge in [0, 0.05) is 0 Å². The molecule has 1 heterocycles. The van der Waals surface area contributed by atoms with E-state index >= 15 is 0 Å². The first-order chi connectivity index (χ1) is 3.80. The van der Waals surface area contributed by atoms with Crippen molar-refractivity contribution in [1.29, 1.82) is 0 Å². The number of nitrogens with zero attached hydrogens (tertiary/aromatic N) is 1. The highest BCUT2D eigenvalue weighted by Gasteiger charge is 2.10. The highest BCUT2D eigenvalue weighted by atomic mass is 16.5. The van der Waals surface area contributed by atoms with Crippen molar-refractivity contribution in [1.82, 2.24) is 0 Å². The van der Waals surface area contributed by atoms with Crippen molar-refractivity contribution in [3.63, 3.8) is 0 Å². The lowest BCUT2D eigenvalue weighted by Gasteiger charge is -2.02. The molecule has 46 valence electrons. The maximum absolute atomic E-state index is 5.44. The summed E-state index contributed by atoms with van der Waals surface area (Å²) >= 11 is 0. The van der Waals surface area contributed by atoms with Crippen LogP contribution in [0.5, 0.6) is 0 Å². The maximum Gasteiger partial charge on any atom is 0.200 e. The number of hydrogen-bond acceptors (Lipinski definition) is 3. The van der Waals surface area contributed by atoms with E-state index in [1.54, 1.807) is 0 Å². The van der Waals surface area contributed by atoms with Gasteiger partial charge in [-0.3, -0.25) is 4.99 Å². The Kier molecular flexibility index (Phi) is 1.48. The first-order valence-electron chi connectivity index (χ1n) is 2.73. The van der Waals surface area contributed by atoms with E-state index in [9.17, 15) is 0 Å². The summed E-state index contributed by atoms with van der Waals surface area (Å²) in [5.74, 6) is 0.699. The first-order valence-corrected chi connectivity index (χ1v) is 2.73. The van der Waals surface area contributed by atoms with Gasteiger partial charge in [-0.1, -0.05) is 0 Å². The zero-order valence-corrected chi connectivity index (χ0v) is 4.92. The minimum atomic E-state index is -0.0301. The lowest BCUT2D eigenvalue weighted by atomic mass is 10.4. The minimum absolute atomic E-state index is 0.0301. The van der Waals surface area contributed by atoms with Crippen LogP contribution in [0, 0.1) is 0 Å². The zero-order chi connectivity index (χ0) is 5.98. The summed E-state index contributed by atoms with van der Waals surface area (Å²) in [7, 11) is 0. The second kappa shape index (κ2) is 2.13. The number of rotatable bonds is 1. The molecule has 1 atom stereocenters. The summed E-state index contributed by atoms with van der Waals surface area (Å²) in [6.45, 7) is 3.35. The Morgan fingerprint density at radius 1 is 1.88 bits per heavy atom. The molecule has 0 spiro atoms. The molecule has 0 saturated heterocycles. The molecule has 3 nitrogen and oxygen atoms in total. The lowest BCUT2D eigenvalue weighted by molar-refractivity contribution is 0.334. The Morgan fingerprint density at radius 3 is 2.88 bits per heavy atom. The highest BCUT2D eigenvalue weighted by molar-refractivity contribution is 5.82. The van der Waals surface area contributed by atoms with E-state index in [-0.39, 0.29) is 6.04 Å². The van der Waals surface area contributed by atoms with Gasteiger partial charge in [0.2, 0.25) is 5.90 Å². The molecule has 8 heavy (non-hydrogen) atoms. The van der Waals surface area contributed by atoms with Crippen LogP contribution in [0.4, 0.5) is 0 Å². The van der Waals surface area contributed by atoms with Gasteiger partial charge in [-0.05, 0) is 6.92 Å². The Hall–Kier alpha value is -0.570. The average molecular weight is 114 g/mol. The van der Waals surface area contributed by atoms with Crippen LogP contribution in [0.15, 0.2) is 4.99 Å². The van der Waals surface area contributed by atoms with Gasteiger partial charge < -0.3 is 10.5 Å². The molecule has 0 unspecified atom stereocenters. The smallest absolute Gasteiger partial charge is 0.200 e. The molecule has 0 radical (unpaired) electrons. The monoisotopic (exact) mass is 114 g/mol. The van der Waals surface area contributed by atoms with Crippen LogP contribution < -0.4 is 5.73 Å². The fourth-order valence-corrected chi connectivity index (χ4v) is 0.627. The first kappa shape index (κ1) is 5.56. The normalized spacial score (nSPS) is 22.0. The van der Waals surface area contributed by atoms with Gasteiger partial charge in [0.25, 0.3) is 0 Å². The van der Waals surface area contributed by atoms with Crippen LogP contribution in [0.2, 0.25) is 0 Å². The van der Waals surface area contributed by atoms with Gasteiger partial charge >= 0.3 is 0 Å². The molecule has 1 aliphatic rings. The molecular formula is C5H10N2O. The predicted molar refractivity (Wildman–Crippen MR) is 31.9 cm³/mol. The van der Waals surface area contributed by atoms with Gasteiger partial charge in [-0.2, -0.15) is 0 Å². The SMILES string of the molecule is C[C@@H](N)C1=NCCO1. The van der Waals surface area contributed by atoms with E-state index < -0.39 is 0 Å².